The smallest absolute Gasteiger partial charge is 0.292 e. The van der Waals surface area contributed by atoms with E-state index in [4.69, 9.17) is 15.3 Å². The van der Waals surface area contributed by atoms with E-state index in [0.29, 0.717) is 36.4 Å². The van der Waals surface area contributed by atoms with Crippen LogP contribution < -0.4 is 11.1 Å². The number of nitrogens with two attached hydrogens (primary N) is 1. The molecule has 12 heteroatoms. The molecule has 0 bridgehead atoms. The Balaban J connectivity index is 0.00000142. The summed E-state index contributed by atoms with van der Waals surface area (Å²) >= 11 is 0. The average molecular weight is 600 g/mol. The third kappa shape index (κ3) is 9.67. The van der Waals surface area contributed by atoms with Gasteiger partial charge in [-0.2, -0.15) is 0 Å². The summed E-state index contributed by atoms with van der Waals surface area (Å²) in [4.78, 5) is 41.7. The van der Waals surface area contributed by atoms with E-state index in [1.807, 2.05) is 13.8 Å². The predicted molar refractivity (Wildman–Crippen MR) is 164 cm³/mol. The molecule has 232 valence electrons. The molecule has 1 aromatic heterocycles. The van der Waals surface area contributed by atoms with E-state index in [0.717, 1.165) is 0 Å². The Bertz CT molecular complexity index is 1480. The highest BCUT2D eigenvalue weighted by Gasteiger charge is 2.22. The molecule has 0 aliphatic heterocycles. The molecule has 2 aromatic carbocycles. The van der Waals surface area contributed by atoms with Crippen LogP contribution in [0.15, 0.2) is 47.2 Å². The van der Waals surface area contributed by atoms with E-state index in [2.05, 4.69) is 20.0 Å². The number of hydrogen-bond acceptors (Lipinski definition) is 8. The largest absolute Gasteiger partial charge is 0.471 e. The minimum atomic E-state index is -1.10. The van der Waals surface area contributed by atoms with Crippen molar-refractivity contribution in [3.8, 4) is 11.3 Å². The number of allylic oxidation sites excluding steroid dienone is 2. The number of aliphatic imine (C=N–C) groups is 1. The molecular formula is C31H39F2N5O5. The number of ketones is 1. The predicted octanol–water partition coefficient (Wildman–Crippen LogP) is 5.35. The van der Waals surface area contributed by atoms with E-state index in [-0.39, 0.29) is 39.7 Å². The zero-order valence-electron chi connectivity index (χ0n) is 25.7. The number of carbonyl (C=O) groups excluding carboxylic acids is 3. The van der Waals surface area contributed by atoms with Crippen LogP contribution in [-0.4, -0.2) is 61.3 Å². The van der Waals surface area contributed by atoms with Crippen molar-refractivity contribution in [2.24, 2.45) is 17.8 Å². The molecule has 1 amide bonds. The Kier molecular flexibility index (Phi) is 15.2. The lowest BCUT2D eigenvalue weighted by Gasteiger charge is -2.12. The summed E-state index contributed by atoms with van der Waals surface area (Å²) in [6, 6.07) is 7.73. The van der Waals surface area contributed by atoms with Crippen molar-refractivity contribution < 1.29 is 32.6 Å². The van der Waals surface area contributed by atoms with Gasteiger partial charge in [0.2, 0.25) is 0 Å². The van der Waals surface area contributed by atoms with Crippen LogP contribution in [0.5, 0.6) is 0 Å². The first-order valence-corrected chi connectivity index (χ1v) is 13.3. The molecule has 10 nitrogen and oxygen atoms in total. The first-order valence-electron chi connectivity index (χ1n) is 13.3. The lowest BCUT2D eigenvalue weighted by Crippen LogP contribution is -2.17. The van der Waals surface area contributed by atoms with Gasteiger partial charge in [0.15, 0.2) is 23.2 Å². The van der Waals surface area contributed by atoms with Crippen molar-refractivity contribution in [3.05, 3.63) is 76.4 Å². The lowest BCUT2D eigenvalue weighted by molar-refractivity contribution is -0.126. The van der Waals surface area contributed by atoms with E-state index in [1.165, 1.54) is 57.3 Å². The minimum Gasteiger partial charge on any atom is -0.471 e. The summed E-state index contributed by atoms with van der Waals surface area (Å²) in [7, 11) is 4.38. The Labute approximate surface area is 250 Å². The highest BCUT2D eigenvalue weighted by atomic mass is 19.2. The van der Waals surface area contributed by atoms with Gasteiger partial charge in [-0.3, -0.25) is 19.4 Å². The molecule has 0 atom stereocenters. The van der Waals surface area contributed by atoms with Crippen LogP contribution in [0.3, 0.4) is 0 Å². The van der Waals surface area contributed by atoms with Crippen LogP contribution in [-0.2, 0) is 21.3 Å². The number of aryl methyl sites for hydroxylation is 1. The molecule has 3 aromatic rings. The Morgan fingerprint density at radius 1 is 1.09 bits per heavy atom. The fraction of sp³-hybridized carbons (Fsp3) is 0.323. The Hall–Kier alpha value is -4.71. The number of imidazole rings is 1. The summed E-state index contributed by atoms with van der Waals surface area (Å²) in [6.07, 6.45) is 2.69. The number of nitrogens with one attached hydrogen (secondary N) is 1. The molecular weight excluding hydrogens is 560 g/mol. The van der Waals surface area contributed by atoms with Crippen molar-refractivity contribution in [1.29, 1.82) is 0 Å². The van der Waals surface area contributed by atoms with E-state index in [1.54, 1.807) is 32.0 Å². The molecule has 0 fully saturated rings. The molecule has 0 aliphatic carbocycles. The zero-order valence-corrected chi connectivity index (χ0v) is 25.7. The molecule has 0 aliphatic rings. The van der Waals surface area contributed by atoms with Gasteiger partial charge in [0.05, 0.1) is 32.2 Å². The summed E-state index contributed by atoms with van der Waals surface area (Å²) in [6.45, 7) is 9.91. The fourth-order valence-electron chi connectivity index (χ4n) is 3.83. The van der Waals surface area contributed by atoms with Crippen molar-refractivity contribution in [1.82, 2.24) is 9.55 Å². The first kappa shape index (κ1) is 36.3. The summed E-state index contributed by atoms with van der Waals surface area (Å²) in [5, 5.41) is 2.72. The number of nitrogens with zero attached hydrogens (tertiary/aromatic N) is 3. The number of halogens is 2. The number of Topliss-reactive ketones (excluding diaryl/α,β-unsaturated/α-hetero) is 1. The topological polar surface area (TPSA) is 138 Å². The maximum Gasteiger partial charge on any atom is 0.292 e. The van der Waals surface area contributed by atoms with Crippen molar-refractivity contribution >= 4 is 35.6 Å². The number of ether oxygens (including phenoxy) is 2. The van der Waals surface area contributed by atoms with E-state index >= 15 is 8.78 Å². The van der Waals surface area contributed by atoms with Crippen LogP contribution in [0.25, 0.3) is 16.8 Å². The van der Waals surface area contributed by atoms with E-state index < -0.39 is 17.5 Å². The zero-order chi connectivity index (χ0) is 32.7. The van der Waals surface area contributed by atoms with Gasteiger partial charge in [0, 0.05) is 54.0 Å². The molecule has 0 saturated heterocycles. The van der Waals surface area contributed by atoms with Gasteiger partial charge in [-0.15, -0.1) is 0 Å². The molecule has 0 saturated carbocycles. The highest BCUT2D eigenvalue weighted by molar-refractivity contribution is 6.11. The first-order chi connectivity index (χ1) is 20.5. The second kappa shape index (κ2) is 18.0. The van der Waals surface area contributed by atoms with Gasteiger partial charge in [0.25, 0.3) is 12.4 Å². The normalized spacial score (nSPS) is 11.0. The van der Waals surface area contributed by atoms with Gasteiger partial charge < -0.3 is 25.1 Å². The van der Waals surface area contributed by atoms with Gasteiger partial charge in [-0.05, 0) is 50.6 Å². The maximum atomic E-state index is 15.2. The maximum absolute atomic E-state index is 15.2. The molecule has 3 rings (SSSR count). The van der Waals surface area contributed by atoms with Gasteiger partial charge in [-0.25, -0.2) is 13.8 Å². The standard InChI is InChI=1S/C27H29F2N5O3.C2H4O2.C2H6/c1-15-12-18(6-7-19(15)17(3)35)33-27(36)26-32-14-23(34(26)4)21-9-8-20(24(28)25(21)29)22(16(2)30)13-31-10-11-37-5;1-4-2-3;1-2/h6-9,12-14H,10-11,30H2,1-5H3,(H,33,36);2H,1H3;1-2H3/b22-16+,31-13?;;. The van der Waals surface area contributed by atoms with Crippen LogP contribution in [0.1, 0.15) is 59.8 Å². The second-order valence-electron chi connectivity index (χ2n) is 8.81. The molecule has 0 spiro atoms. The molecule has 0 radical (unpaired) electrons. The lowest BCUT2D eigenvalue weighted by atomic mass is 10.0. The quantitative estimate of drug-likeness (QED) is 0.139. The number of methoxy groups -OCH3 is 2. The summed E-state index contributed by atoms with van der Waals surface area (Å²) in [5.74, 6) is -2.82. The second-order valence-corrected chi connectivity index (χ2v) is 8.81. The molecule has 0 unspecified atom stereocenters. The van der Waals surface area contributed by atoms with Crippen molar-refractivity contribution in [2.75, 3.05) is 32.7 Å². The van der Waals surface area contributed by atoms with Crippen LogP contribution in [0.4, 0.5) is 14.5 Å². The van der Waals surface area contributed by atoms with Crippen LogP contribution in [0.2, 0.25) is 0 Å². The number of anilines is 1. The van der Waals surface area contributed by atoms with Crippen LogP contribution in [0, 0.1) is 18.6 Å². The van der Waals surface area contributed by atoms with Gasteiger partial charge >= 0.3 is 0 Å². The number of amides is 1. The summed E-state index contributed by atoms with van der Waals surface area (Å²) < 4.78 is 40.6. The van der Waals surface area contributed by atoms with Crippen LogP contribution >= 0.6 is 0 Å². The SMILES string of the molecule is CC.COC=O.COCCN=C/C(=C(/C)N)c1ccc(-c2cnc(C(=O)Nc3ccc(C(C)=O)c(C)c3)n2C)c(F)c1F. The van der Waals surface area contributed by atoms with Gasteiger partial charge in [-0.1, -0.05) is 19.9 Å². The monoisotopic (exact) mass is 599 g/mol. The number of carbonyl (C=O) groups is 3. The average Bonchev–Trinajstić information content (AvgIpc) is 3.36. The Morgan fingerprint density at radius 2 is 1.72 bits per heavy atom. The number of rotatable bonds is 10. The molecule has 43 heavy (non-hydrogen) atoms. The van der Waals surface area contributed by atoms with E-state index in [9.17, 15) is 9.59 Å². The molecule has 3 N–H and O–H groups in total. The number of hydrogen-bond donors (Lipinski definition) is 2. The highest BCUT2D eigenvalue weighted by Crippen LogP contribution is 2.30. The summed E-state index contributed by atoms with van der Waals surface area (Å²) in [5.41, 5.74) is 8.29. The fourth-order valence-corrected chi connectivity index (χ4v) is 3.83. The number of benzene rings is 2. The van der Waals surface area contributed by atoms with Crippen molar-refractivity contribution in [3.63, 3.8) is 0 Å². The van der Waals surface area contributed by atoms with Gasteiger partial charge in [0.1, 0.15) is 0 Å². The number of aromatic nitrogens is 2. The minimum absolute atomic E-state index is 0.00385. The third-order valence-corrected chi connectivity index (χ3v) is 5.87. The third-order valence-electron chi connectivity index (χ3n) is 5.87. The van der Waals surface area contributed by atoms with Crippen molar-refractivity contribution in [2.45, 2.75) is 34.6 Å². The molecule has 1 heterocycles. The Morgan fingerprint density at radius 3 is 2.26 bits per heavy atom.